The maximum Gasteiger partial charge on any atom is 0.277 e. The second-order valence-corrected chi connectivity index (χ2v) is 8.83. The van der Waals surface area contributed by atoms with E-state index in [1.807, 2.05) is 24.3 Å². The van der Waals surface area contributed by atoms with Crippen LogP contribution in [0.5, 0.6) is 5.75 Å². The molecule has 2 N–H and O–H groups in total. The van der Waals surface area contributed by atoms with Crippen molar-refractivity contribution in [3.05, 3.63) is 98.5 Å². The van der Waals surface area contributed by atoms with Crippen molar-refractivity contribution in [3.63, 3.8) is 0 Å². The van der Waals surface area contributed by atoms with Crippen molar-refractivity contribution in [2.45, 2.75) is 37.9 Å². The van der Waals surface area contributed by atoms with Gasteiger partial charge in [-0.3, -0.25) is 19.3 Å². The van der Waals surface area contributed by atoms with Crippen LogP contribution >= 0.6 is 0 Å². The Kier molecular flexibility index (Phi) is 4.75. The zero-order valence-electron chi connectivity index (χ0n) is 18.2. The molecule has 0 radical (unpaired) electrons. The molecule has 8 nitrogen and oxygen atoms in total. The Morgan fingerprint density at radius 3 is 2.77 bits per heavy atom. The van der Waals surface area contributed by atoms with Crippen LogP contribution in [-0.4, -0.2) is 38.7 Å². The van der Waals surface area contributed by atoms with Crippen molar-refractivity contribution in [3.8, 4) is 5.75 Å². The van der Waals surface area contributed by atoms with E-state index in [-0.39, 0.29) is 36.5 Å². The molecule has 0 bridgehead atoms. The molecule has 3 aromatic rings. The third-order valence-corrected chi connectivity index (χ3v) is 6.83. The molecule has 0 spiro atoms. The normalized spacial score (nSPS) is 21.8. The molecule has 0 saturated carbocycles. The number of ether oxygens (including phenoxy) is 1. The zero-order valence-corrected chi connectivity index (χ0v) is 18.2. The standard InChI is InChI=1S/C25H19F2N3O5/c26-14-6-5-13(17(27)8-14)9-28-24(33)16-10-29-11-19-30(25(34)21(29)23(32)22(16)31)20-15-4-2-1-3-12(15)7-18(20)35-19/h1-6,8,10,18-20,32H,7,9,11H2,(H,28,33)/t18-,19?,20?/m1/s1. The van der Waals surface area contributed by atoms with Gasteiger partial charge in [0.15, 0.2) is 17.7 Å². The second kappa shape index (κ2) is 7.74. The molecule has 3 aliphatic rings. The summed E-state index contributed by atoms with van der Waals surface area (Å²) in [5, 5.41) is 13.1. The van der Waals surface area contributed by atoms with Crippen LogP contribution in [0.15, 0.2) is 53.5 Å². The monoisotopic (exact) mass is 479 g/mol. The first-order valence-corrected chi connectivity index (χ1v) is 11.1. The van der Waals surface area contributed by atoms with Crippen LogP contribution in [0.1, 0.15) is 43.6 Å². The Morgan fingerprint density at radius 2 is 1.97 bits per heavy atom. The van der Waals surface area contributed by atoms with Crippen molar-refractivity contribution in [2.24, 2.45) is 0 Å². The number of pyridine rings is 1. The number of benzene rings is 2. The number of aromatic nitrogens is 1. The Balaban J connectivity index is 1.30. The molecular weight excluding hydrogens is 460 g/mol. The third kappa shape index (κ3) is 3.24. The first kappa shape index (κ1) is 21.5. The first-order chi connectivity index (χ1) is 16.8. The minimum atomic E-state index is -1.01. The molecule has 1 saturated heterocycles. The van der Waals surface area contributed by atoms with Gasteiger partial charge in [-0.15, -0.1) is 0 Å². The molecule has 10 heteroatoms. The highest BCUT2D eigenvalue weighted by atomic mass is 19.1. The van der Waals surface area contributed by atoms with Gasteiger partial charge >= 0.3 is 0 Å². The van der Waals surface area contributed by atoms with E-state index in [1.54, 1.807) is 4.90 Å². The molecule has 6 rings (SSSR count). The van der Waals surface area contributed by atoms with E-state index in [0.29, 0.717) is 12.5 Å². The molecule has 2 amide bonds. The van der Waals surface area contributed by atoms with Gasteiger partial charge in [0.2, 0.25) is 5.43 Å². The van der Waals surface area contributed by atoms with Crippen LogP contribution in [0.3, 0.4) is 0 Å². The van der Waals surface area contributed by atoms with Crippen LogP contribution in [0.25, 0.3) is 0 Å². The summed E-state index contributed by atoms with van der Waals surface area (Å²) >= 11 is 0. The van der Waals surface area contributed by atoms with Gasteiger partial charge in [-0.25, -0.2) is 8.78 Å². The van der Waals surface area contributed by atoms with Crippen LogP contribution in [0.2, 0.25) is 0 Å². The van der Waals surface area contributed by atoms with Crippen molar-refractivity contribution < 1.29 is 28.2 Å². The number of carbonyl (C=O) groups excluding carboxylic acids is 2. The quantitative estimate of drug-likeness (QED) is 0.600. The first-order valence-electron chi connectivity index (χ1n) is 11.1. The van der Waals surface area contributed by atoms with Crippen LogP contribution in [-0.2, 0) is 24.2 Å². The number of aromatic hydroxyl groups is 1. The fourth-order valence-electron chi connectivity index (χ4n) is 5.23. The summed E-state index contributed by atoms with van der Waals surface area (Å²) in [6.07, 6.45) is 0.992. The molecule has 178 valence electrons. The summed E-state index contributed by atoms with van der Waals surface area (Å²) in [5.74, 6) is -3.84. The average molecular weight is 479 g/mol. The van der Waals surface area contributed by atoms with Crippen LogP contribution < -0.4 is 10.7 Å². The highest BCUT2D eigenvalue weighted by Crippen LogP contribution is 2.46. The molecular formula is C25H19F2N3O5. The lowest BCUT2D eigenvalue weighted by Crippen LogP contribution is -2.47. The lowest BCUT2D eigenvalue weighted by atomic mass is 10.0. The number of hydrogen-bond acceptors (Lipinski definition) is 5. The maximum absolute atomic E-state index is 13.9. The number of halogens is 2. The van der Waals surface area contributed by atoms with Gasteiger partial charge in [-0.1, -0.05) is 30.3 Å². The lowest BCUT2D eigenvalue weighted by Gasteiger charge is -2.34. The fraction of sp³-hybridized carbons (Fsp3) is 0.240. The van der Waals surface area contributed by atoms with Crippen molar-refractivity contribution in [2.75, 3.05) is 0 Å². The Labute approximate surface area is 197 Å². The molecule has 2 aromatic carbocycles. The van der Waals surface area contributed by atoms with Crippen LogP contribution in [0, 0.1) is 11.6 Å². The summed E-state index contributed by atoms with van der Waals surface area (Å²) in [7, 11) is 0. The van der Waals surface area contributed by atoms with Gasteiger partial charge in [0.05, 0.1) is 18.7 Å². The minimum absolute atomic E-state index is 0.0269. The summed E-state index contributed by atoms with van der Waals surface area (Å²) in [6.45, 7) is -0.176. The largest absolute Gasteiger partial charge is 0.503 e. The molecule has 2 aliphatic heterocycles. The van der Waals surface area contributed by atoms with Gasteiger partial charge in [-0.2, -0.15) is 0 Å². The van der Waals surface area contributed by atoms with E-state index in [4.69, 9.17) is 4.74 Å². The van der Waals surface area contributed by atoms with Crippen molar-refractivity contribution in [1.82, 2.24) is 14.8 Å². The predicted molar refractivity (Wildman–Crippen MR) is 118 cm³/mol. The summed E-state index contributed by atoms with van der Waals surface area (Å²) in [6, 6.07) is 10.3. The fourth-order valence-corrected chi connectivity index (χ4v) is 5.23. The van der Waals surface area contributed by atoms with E-state index >= 15 is 0 Å². The molecule has 2 unspecified atom stereocenters. The third-order valence-electron chi connectivity index (χ3n) is 6.83. The summed E-state index contributed by atoms with van der Waals surface area (Å²) in [4.78, 5) is 40.5. The molecule has 35 heavy (non-hydrogen) atoms. The van der Waals surface area contributed by atoms with Gasteiger partial charge in [0.1, 0.15) is 17.2 Å². The molecule has 3 heterocycles. The number of rotatable bonds is 3. The Bertz CT molecular complexity index is 1470. The van der Waals surface area contributed by atoms with Gasteiger partial charge in [-0.05, 0) is 17.2 Å². The average Bonchev–Trinajstić information content (AvgIpc) is 3.36. The number of hydrogen-bond donors (Lipinski definition) is 2. The number of carbonyl (C=O) groups is 2. The number of nitrogens with zero attached hydrogens (tertiary/aromatic N) is 2. The number of amides is 2. The predicted octanol–water partition coefficient (Wildman–Crippen LogP) is 2.24. The SMILES string of the molecule is O=C(NCc1ccc(F)cc1F)c1cn2c(c(O)c1=O)C(=O)N1C(C2)O[C@@H]2Cc3ccccc3C21. The van der Waals surface area contributed by atoms with E-state index in [1.165, 1.54) is 16.8 Å². The number of nitrogens with one attached hydrogen (secondary N) is 1. The van der Waals surface area contributed by atoms with Gasteiger partial charge < -0.3 is 19.7 Å². The highest BCUT2D eigenvalue weighted by Gasteiger charge is 2.52. The van der Waals surface area contributed by atoms with Gasteiger partial charge in [0, 0.05) is 30.8 Å². The lowest BCUT2D eigenvalue weighted by molar-refractivity contribution is -0.0149. The topological polar surface area (TPSA) is 101 Å². The smallest absolute Gasteiger partial charge is 0.277 e. The summed E-state index contributed by atoms with van der Waals surface area (Å²) in [5.41, 5.74) is 0.473. The molecule has 1 aromatic heterocycles. The van der Waals surface area contributed by atoms with E-state index < -0.39 is 46.4 Å². The van der Waals surface area contributed by atoms with Crippen molar-refractivity contribution in [1.29, 1.82) is 0 Å². The van der Waals surface area contributed by atoms with Crippen molar-refractivity contribution >= 4 is 11.8 Å². The molecule has 3 atom stereocenters. The van der Waals surface area contributed by atoms with Crippen LogP contribution in [0.4, 0.5) is 8.78 Å². The van der Waals surface area contributed by atoms with E-state index in [2.05, 4.69) is 5.32 Å². The van der Waals surface area contributed by atoms with E-state index in [9.17, 15) is 28.3 Å². The Morgan fingerprint density at radius 1 is 1.17 bits per heavy atom. The van der Waals surface area contributed by atoms with E-state index in [0.717, 1.165) is 17.2 Å². The molecule has 1 aliphatic carbocycles. The second-order valence-electron chi connectivity index (χ2n) is 8.83. The zero-order chi connectivity index (χ0) is 24.4. The van der Waals surface area contributed by atoms with Gasteiger partial charge in [0.25, 0.3) is 11.8 Å². The summed E-state index contributed by atoms with van der Waals surface area (Å²) < 4.78 is 34.5. The Hall–Kier alpha value is -4.05. The highest BCUT2D eigenvalue weighted by molar-refractivity contribution is 5.99. The maximum atomic E-state index is 13.9. The number of fused-ring (bicyclic) bond motifs is 6. The molecule has 1 fully saturated rings. The minimum Gasteiger partial charge on any atom is -0.503 e.